The molecule has 0 aliphatic heterocycles. The molecule has 7 heteroatoms. The first-order valence-corrected chi connectivity index (χ1v) is 11.1. The number of hydrogen-bond donors (Lipinski definition) is 1. The average Bonchev–Trinajstić information content (AvgIpc) is 3.49. The summed E-state index contributed by atoms with van der Waals surface area (Å²) in [6.45, 7) is 2.66. The molecule has 0 saturated heterocycles. The van der Waals surface area contributed by atoms with Crippen molar-refractivity contribution in [3.63, 3.8) is 0 Å². The van der Waals surface area contributed by atoms with Gasteiger partial charge in [-0.1, -0.05) is 23.4 Å². The lowest BCUT2D eigenvalue weighted by atomic mass is 9.97. The fourth-order valence-electron chi connectivity index (χ4n) is 3.55. The average molecular weight is 398 g/mol. The van der Waals surface area contributed by atoms with E-state index >= 15 is 0 Å². The summed E-state index contributed by atoms with van der Waals surface area (Å²) in [5.74, 6) is 0.932. The smallest absolute Gasteiger partial charge is 0.233 e. The van der Waals surface area contributed by atoms with Crippen LogP contribution in [0.25, 0.3) is 11.4 Å². The number of thioether (sulfide) groups is 1. The maximum atomic E-state index is 12.5. The van der Waals surface area contributed by atoms with Gasteiger partial charge >= 0.3 is 0 Å². The summed E-state index contributed by atoms with van der Waals surface area (Å²) in [4.78, 5) is 16.6. The number of rotatable bonds is 8. The predicted molar refractivity (Wildman–Crippen MR) is 111 cm³/mol. The van der Waals surface area contributed by atoms with Crippen molar-refractivity contribution in [3.05, 3.63) is 36.2 Å². The van der Waals surface area contributed by atoms with Gasteiger partial charge in [0.15, 0.2) is 11.0 Å². The van der Waals surface area contributed by atoms with E-state index in [2.05, 4.69) is 31.1 Å². The van der Waals surface area contributed by atoms with Crippen LogP contribution >= 0.6 is 11.8 Å². The summed E-state index contributed by atoms with van der Waals surface area (Å²) < 4.78 is 2.19. The molecule has 1 fully saturated rings. The lowest BCUT2D eigenvalue weighted by Gasteiger charge is -2.15. The monoisotopic (exact) mass is 397 g/mol. The molecule has 0 bridgehead atoms. The Hall–Kier alpha value is -2.15. The van der Waals surface area contributed by atoms with Crippen LogP contribution in [0.2, 0.25) is 0 Å². The quantitative estimate of drug-likeness (QED) is 0.535. The van der Waals surface area contributed by atoms with E-state index in [1.54, 1.807) is 12.4 Å². The Kier molecular flexibility index (Phi) is 6.10. The molecule has 28 heavy (non-hydrogen) atoms. The Labute approximate surface area is 170 Å². The fraction of sp³-hybridized carbons (Fsp3) is 0.524. The summed E-state index contributed by atoms with van der Waals surface area (Å²) >= 11 is 1.50. The number of carbonyl (C=O) groups excluding carboxylic acids is 1. The van der Waals surface area contributed by atoms with Crippen LogP contribution < -0.4 is 5.32 Å². The van der Waals surface area contributed by atoms with E-state index in [0.717, 1.165) is 35.8 Å². The van der Waals surface area contributed by atoms with E-state index in [9.17, 15) is 4.79 Å². The highest BCUT2D eigenvalue weighted by molar-refractivity contribution is 8.00. The third kappa shape index (κ3) is 4.63. The molecule has 6 nitrogen and oxygen atoms in total. The molecule has 0 unspecified atom stereocenters. The largest absolute Gasteiger partial charge is 0.355 e. The van der Waals surface area contributed by atoms with Crippen LogP contribution in [0, 0.1) is 0 Å². The van der Waals surface area contributed by atoms with E-state index in [1.165, 1.54) is 43.0 Å². The standard InChI is InChI=1S/C21H27N5OS/c1-15(20(27)23-14-9-16-5-3-2-4-6-16)28-21-25-24-19(26(21)18-7-8-18)17-10-12-22-13-11-17/h5,10-13,15,18H,2-4,6-9,14H2,1H3,(H,23,27)/t15-/m0/s1. The molecule has 1 amide bonds. The summed E-state index contributed by atoms with van der Waals surface area (Å²) in [6, 6.07) is 4.34. The normalized spacial score (nSPS) is 17.8. The lowest BCUT2D eigenvalue weighted by molar-refractivity contribution is -0.120. The minimum atomic E-state index is -0.202. The maximum Gasteiger partial charge on any atom is 0.233 e. The molecule has 1 atom stereocenters. The fourth-order valence-corrected chi connectivity index (χ4v) is 4.49. The second-order valence-electron chi connectivity index (χ2n) is 7.55. The number of hydrogen-bond acceptors (Lipinski definition) is 5. The number of amides is 1. The summed E-state index contributed by atoms with van der Waals surface area (Å²) in [7, 11) is 0. The van der Waals surface area contributed by atoms with Crippen molar-refractivity contribution in [3.8, 4) is 11.4 Å². The minimum absolute atomic E-state index is 0.0669. The molecule has 2 aliphatic rings. The van der Waals surface area contributed by atoms with Gasteiger partial charge in [0, 0.05) is 30.5 Å². The molecule has 0 spiro atoms. The van der Waals surface area contributed by atoms with Crippen molar-refractivity contribution >= 4 is 17.7 Å². The molecule has 1 saturated carbocycles. The molecule has 1 N–H and O–H groups in total. The van der Waals surface area contributed by atoms with Gasteiger partial charge in [-0.25, -0.2) is 0 Å². The highest BCUT2D eigenvalue weighted by Crippen LogP contribution is 2.41. The van der Waals surface area contributed by atoms with E-state index in [-0.39, 0.29) is 11.2 Å². The first-order valence-electron chi connectivity index (χ1n) is 10.2. The summed E-state index contributed by atoms with van der Waals surface area (Å²) in [5, 5.41) is 12.5. The Morgan fingerprint density at radius 2 is 2.11 bits per heavy atom. The Morgan fingerprint density at radius 1 is 1.29 bits per heavy atom. The third-order valence-electron chi connectivity index (χ3n) is 5.30. The predicted octanol–water partition coefficient (Wildman–Crippen LogP) is 4.16. The Bertz CT molecular complexity index is 844. The number of pyridine rings is 1. The Morgan fingerprint density at radius 3 is 2.82 bits per heavy atom. The molecule has 2 aromatic heterocycles. The summed E-state index contributed by atoms with van der Waals surface area (Å²) in [5.41, 5.74) is 2.50. The Balaban J connectivity index is 1.37. The molecule has 4 rings (SSSR count). The number of aromatic nitrogens is 4. The van der Waals surface area contributed by atoms with Gasteiger partial charge < -0.3 is 5.32 Å². The molecule has 0 radical (unpaired) electrons. The molecule has 148 valence electrons. The van der Waals surface area contributed by atoms with Crippen molar-refractivity contribution in [1.82, 2.24) is 25.1 Å². The number of nitrogens with zero attached hydrogens (tertiary/aromatic N) is 4. The van der Waals surface area contributed by atoms with Gasteiger partial charge in [-0.15, -0.1) is 10.2 Å². The van der Waals surface area contributed by atoms with Gasteiger partial charge in [0.1, 0.15) is 0 Å². The van der Waals surface area contributed by atoms with Crippen LogP contribution in [-0.4, -0.2) is 37.5 Å². The van der Waals surface area contributed by atoms with Crippen molar-refractivity contribution in [2.45, 2.75) is 68.3 Å². The van der Waals surface area contributed by atoms with Crippen molar-refractivity contribution < 1.29 is 4.79 Å². The molecular weight excluding hydrogens is 370 g/mol. The van der Waals surface area contributed by atoms with Crippen molar-refractivity contribution in [2.75, 3.05) is 6.54 Å². The van der Waals surface area contributed by atoms with Crippen molar-refractivity contribution in [2.24, 2.45) is 0 Å². The highest BCUT2D eigenvalue weighted by Gasteiger charge is 2.31. The second-order valence-corrected chi connectivity index (χ2v) is 8.86. The molecule has 2 heterocycles. The number of allylic oxidation sites excluding steroid dienone is 1. The van der Waals surface area contributed by atoms with E-state index < -0.39 is 0 Å². The van der Waals surface area contributed by atoms with E-state index in [0.29, 0.717) is 12.6 Å². The van der Waals surface area contributed by atoms with E-state index in [4.69, 9.17) is 0 Å². The van der Waals surface area contributed by atoms with Crippen LogP contribution in [0.15, 0.2) is 41.3 Å². The van der Waals surface area contributed by atoms with Crippen LogP contribution in [0.1, 0.15) is 57.9 Å². The van der Waals surface area contributed by atoms with Crippen LogP contribution in [0.5, 0.6) is 0 Å². The topological polar surface area (TPSA) is 72.7 Å². The van der Waals surface area contributed by atoms with Crippen LogP contribution in [-0.2, 0) is 4.79 Å². The van der Waals surface area contributed by atoms with E-state index in [1.807, 2.05) is 19.1 Å². The lowest BCUT2D eigenvalue weighted by Crippen LogP contribution is -2.32. The first kappa shape index (κ1) is 19.2. The van der Waals surface area contributed by atoms with Gasteiger partial charge in [-0.3, -0.25) is 14.3 Å². The molecule has 2 aromatic rings. The van der Waals surface area contributed by atoms with Crippen molar-refractivity contribution in [1.29, 1.82) is 0 Å². The zero-order chi connectivity index (χ0) is 19.3. The maximum absolute atomic E-state index is 12.5. The number of nitrogens with one attached hydrogen (secondary N) is 1. The van der Waals surface area contributed by atoms with Crippen LogP contribution in [0.4, 0.5) is 0 Å². The van der Waals surface area contributed by atoms with Gasteiger partial charge in [0.05, 0.1) is 5.25 Å². The first-order chi connectivity index (χ1) is 13.7. The highest BCUT2D eigenvalue weighted by atomic mass is 32.2. The van der Waals surface area contributed by atoms with Gasteiger partial charge in [0.25, 0.3) is 0 Å². The SMILES string of the molecule is C[C@H](Sc1nnc(-c2ccncc2)n1C1CC1)C(=O)NCCC1=CCCCC1. The molecule has 0 aromatic carbocycles. The van der Waals surface area contributed by atoms with Gasteiger partial charge in [-0.2, -0.15) is 0 Å². The minimum Gasteiger partial charge on any atom is -0.355 e. The molecule has 2 aliphatic carbocycles. The zero-order valence-corrected chi connectivity index (χ0v) is 17.1. The third-order valence-corrected chi connectivity index (χ3v) is 6.35. The van der Waals surface area contributed by atoms with Crippen LogP contribution in [0.3, 0.4) is 0 Å². The zero-order valence-electron chi connectivity index (χ0n) is 16.3. The van der Waals surface area contributed by atoms with Gasteiger partial charge in [-0.05, 0) is 64.0 Å². The summed E-state index contributed by atoms with van der Waals surface area (Å²) in [6.07, 6.45) is 14.1. The van der Waals surface area contributed by atoms with Gasteiger partial charge in [0.2, 0.25) is 5.91 Å². The second kappa shape index (κ2) is 8.90. The molecular formula is C21H27N5OS. The number of carbonyl (C=O) groups is 1.